The van der Waals surface area contributed by atoms with Crippen molar-refractivity contribution in [1.29, 1.82) is 0 Å². The number of benzene rings is 1. The van der Waals surface area contributed by atoms with Crippen molar-refractivity contribution in [3.8, 4) is 0 Å². The van der Waals surface area contributed by atoms with E-state index in [0.29, 0.717) is 18.5 Å². The number of halogens is 1. The molecule has 1 amide bonds. The molecule has 2 saturated heterocycles. The fourth-order valence-corrected chi connectivity index (χ4v) is 5.86. The van der Waals surface area contributed by atoms with Crippen LogP contribution in [0.25, 0.3) is 0 Å². The van der Waals surface area contributed by atoms with Crippen LogP contribution in [0.3, 0.4) is 0 Å². The van der Waals surface area contributed by atoms with Crippen LogP contribution in [0.4, 0.5) is 4.39 Å². The van der Waals surface area contributed by atoms with E-state index in [0.717, 1.165) is 57.2 Å². The van der Waals surface area contributed by atoms with Crippen molar-refractivity contribution in [2.75, 3.05) is 13.1 Å². The zero-order chi connectivity index (χ0) is 22.6. The molecular formula is C26H34FN5O. The maximum atomic E-state index is 14.1. The second-order valence-electron chi connectivity index (χ2n) is 9.86. The summed E-state index contributed by atoms with van der Waals surface area (Å²) in [5, 5.41) is 3.37. The van der Waals surface area contributed by atoms with Gasteiger partial charge < -0.3 is 5.32 Å². The van der Waals surface area contributed by atoms with E-state index in [1.807, 2.05) is 24.5 Å². The summed E-state index contributed by atoms with van der Waals surface area (Å²) in [5.41, 5.74) is 8.85. The summed E-state index contributed by atoms with van der Waals surface area (Å²) in [5.74, 6) is 0.470. The highest BCUT2D eigenvalue weighted by Gasteiger charge is 2.42. The SMILES string of the molecule is O=C(NC1CCCCN(Cc2ccccc2F)C1)C1CCC2NNC(c3ccncc3)C2C1. The van der Waals surface area contributed by atoms with Crippen LogP contribution < -0.4 is 16.2 Å². The molecule has 3 aliphatic rings. The molecule has 3 heterocycles. The molecule has 3 fully saturated rings. The Hall–Kier alpha value is -2.35. The molecule has 0 bridgehead atoms. The summed E-state index contributed by atoms with van der Waals surface area (Å²) < 4.78 is 14.1. The third-order valence-corrected chi connectivity index (χ3v) is 7.64. The van der Waals surface area contributed by atoms with Gasteiger partial charge in [0, 0.05) is 49.0 Å². The molecule has 2 aliphatic heterocycles. The maximum absolute atomic E-state index is 14.1. The van der Waals surface area contributed by atoms with Crippen LogP contribution in [0.2, 0.25) is 0 Å². The number of likely N-dealkylation sites (tertiary alicyclic amines) is 1. The smallest absolute Gasteiger partial charge is 0.223 e. The summed E-state index contributed by atoms with van der Waals surface area (Å²) in [6.07, 6.45) is 9.62. The summed E-state index contributed by atoms with van der Waals surface area (Å²) in [6.45, 7) is 2.32. The standard InChI is InChI=1S/C26H34FN5O/c27-23-7-2-1-5-20(23)16-32-14-4-3-6-21(17-32)29-26(33)19-8-9-24-22(15-19)25(31-30-24)18-10-12-28-13-11-18/h1-2,5,7,10-13,19,21-22,24-25,30-31H,3-4,6,8-9,14-17H2,(H,29,33). The van der Waals surface area contributed by atoms with Crippen molar-refractivity contribution in [2.45, 2.75) is 63.2 Å². The normalized spacial score (nSPS) is 30.4. The Kier molecular flexibility index (Phi) is 6.99. The topological polar surface area (TPSA) is 69.3 Å². The van der Waals surface area contributed by atoms with Gasteiger partial charge in [0.05, 0.1) is 6.04 Å². The number of hydrazine groups is 1. The van der Waals surface area contributed by atoms with E-state index in [-0.39, 0.29) is 29.7 Å². The van der Waals surface area contributed by atoms with Gasteiger partial charge in [0.2, 0.25) is 5.91 Å². The first-order valence-electron chi connectivity index (χ1n) is 12.3. The number of fused-ring (bicyclic) bond motifs is 1. The Labute approximate surface area is 195 Å². The highest BCUT2D eigenvalue weighted by atomic mass is 19.1. The number of carbonyl (C=O) groups is 1. The van der Waals surface area contributed by atoms with Crippen LogP contribution in [0, 0.1) is 17.7 Å². The number of nitrogens with zero attached hydrogens (tertiary/aromatic N) is 2. The van der Waals surface area contributed by atoms with Gasteiger partial charge in [0.1, 0.15) is 5.82 Å². The monoisotopic (exact) mass is 451 g/mol. The minimum Gasteiger partial charge on any atom is -0.352 e. The fraction of sp³-hybridized carbons (Fsp3) is 0.538. The van der Waals surface area contributed by atoms with E-state index in [1.54, 1.807) is 6.07 Å². The Morgan fingerprint density at radius 1 is 1.09 bits per heavy atom. The first-order chi connectivity index (χ1) is 16.2. The first kappa shape index (κ1) is 22.4. The number of amides is 1. The molecule has 0 radical (unpaired) electrons. The van der Waals surface area contributed by atoms with Gasteiger partial charge in [-0.2, -0.15) is 0 Å². The van der Waals surface area contributed by atoms with E-state index in [1.165, 1.54) is 11.6 Å². The summed E-state index contributed by atoms with van der Waals surface area (Å²) in [7, 11) is 0. The van der Waals surface area contributed by atoms with Crippen LogP contribution in [0.5, 0.6) is 0 Å². The zero-order valence-electron chi connectivity index (χ0n) is 19.1. The molecule has 6 nitrogen and oxygen atoms in total. The number of hydrogen-bond donors (Lipinski definition) is 3. The highest BCUT2D eigenvalue weighted by molar-refractivity contribution is 5.79. The van der Waals surface area contributed by atoms with Gasteiger partial charge in [-0.25, -0.2) is 9.82 Å². The molecule has 5 rings (SSSR count). The van der Waals surface area contributed by atoms with Crippen molar-refractivity contribution in [2.24, 2.45) is 11.8 Å². The Morgan fingerprint density at radius 2 is 1.94 bits per heavy atom. The fourth-order valence-electron chi connectivity index (χ4n) is 5.86. The molecule has 1 aliphatic carbocycles. The van der Waals surface area contributed by atoms with Gasteiger partial charge in [-0.05, 0) is 68.3 Å². The lowest BCUT2D eigenvalue weighted by Gasteiger charge is -2.34. The van der Waals surface area contributed by atoms with Gasteiger partial charge >= 0.3 is 0 Å². The van der Waals surface area contributed by atoms with E-state index in [2.05, 4.69) is 38.2 Å². The minimum absolute atomic E-state index is 0.0422. The van der Waals surface area contributed by atoms with Crippen LogP contribution >= 0.6 is 0 Å². The number of aromatic nitrogens is 1. The number of hydrogen-bond acceptors (Lipinski definition) is 5. The molecule has 3 N–H and O–H groups in total. The lowest BCUT2D eigenvalue weighted by molar-refractivity contribution is -0.127. The Balaban J connectivity index is 1.19. The average Bonchev–Trinajstić information content (AvgIpc) is 3.14. The molecule has 5 atom stereocenters. The molecular weight excluding hydrogens is 417 g/mol. The van der Waals surface area contributed by atoms with E-state index in [9.17, 15) is 9.18 Å². The van der Waals surface area contributed by atoms with Crippen molar-refractivity contribution >= 4 is 5.91 Å². The number of carbonyl (C=O) groups excluding carboxylic acids is 1. The predicted molar refractivity (Wildman–Crippen MR) is 125 cm³/mol. The van der Waals surface area contributed by atoms with Gasteiger partial charge in [-0.3, -0.25) is 20.1 Å². The van der Waals surface area contributed by atoms with Crippen molar-refractivity contribution in [1.82, 2.24) is 26.1 Å². The molecule has 1 aromatic carbocycles. The Morgan fingerprint density at radius 3 is 2.79 bits per heavy atom. The first-order valence-corrected chi connectivity index (χ1v) is 12.3. The van der Waals surface area contributed by atoms with E-state index in [4.69, 9.17) is 0 Å². The van der Waals surface area contributed by atoms with Crippen molar-refractivity contribution in [3.63, 3.8) is 0 Å². The van der Waals surface area contributed by atoms with Crippen LogP contribution in [-0.4, -0.2) is 41.0 Å². The quantitative estimate of drug-likeness (QED) is 0.651. The number of rotatable bonds is 5. The second-order valence-corrected chi connectivity index (χ2v) is 9.86. The maximum Gasteiger partial charge on any atom is 0.223 e. The lowest BCUT2D eigenvalue weighted by atomic mass is 9.74. The van der Waals surface area contributed by atoms with E-state index >= 15 is 0 Å². The van der Waals surface area contributed by atoms with Gasteiger partial charge in [0.15, 0.2) is 0 Å². The summed E-state index contributed by atoms with van der Waals surface area (Å²) >= 11 is 0. The molecule has 2 aromatic rings. The molecule has 33 heavy (non-hydrogen) atoms. The molecule has 5 unspecified atom stereocenters. The summed E-state index contributed by atoms with van der Waals surface area (Å²) in [4.78, 5) is 19.7. The largest absolute Gasteiger partial charge is 0.352 e. The van der Waals surface area contributed by atoms with Crippen LogP contribution in [0.15, 0.2) is 48.8 Å². The average molecular weight is 452 g/mol. The van der Waals surface area contributed by atoms with Gasteiger partial charge in [0.25, 0.3) is 0 Å². The lowest BCUT2D eigenvalue weighted by Crippen LogP contribution is -2.47. The highest BCUT2D eigenvalue weighted by Crippen LogP contribution is 2.40. The molecule has 1 aromatic heterocycles. The second kappa shape index (κ2) is 10.3. The zero-order valence-corrected chi connectivity index (χ0v) is 19.1. The van der Waals surface area contributed by atoms with Crippen LogP contribution in [0.1, 0.15) is 55.7 Å². The van der Waals surface area contributed by atoms with Gasteiger partial charge in [-0.1, -0.05) is 24.6 Å². The Bertz CT molecular complexity index is 941. The molecule has 0 spiro atoms. The number of pyridine rings is 1. The van der Waals surface area contributed by atoms with Gasteiger partial charge in [-0.15, -0.1) is 0 Å². The van der Waals surface area contributed by atoms with Crippen molar-refractivity contribution < 1.29 is 9.18 Å². The molecule has 176 valence electrons. The molecule has 1 saturated carbocycles. The summed E-state index contributed by atoms with van der Waals surface area (Å²) in [6, 6.07) is 11.8. The molecule has 7 heteroatoms. The third kappa shape index (κ3) is 5.26. The number of nitrogens with one attached hydrogen (secondary N) is 3. The van der Waals surface area contributed by atoms with E-state index < -0.39 is 0 Å². The minimum atomic E-state index is -0.151. The predicted octanol–water partition coefficient (Wildman–Crippen LogP) is 3.33. The third-order valence-electron chi connectivity index (χ3n) is 7.64. The van der Waals surface area contributed by atoms with Crippen molar-refractivity contribution in [3.05, 3.63) is 65.7 Å². The van der Waals surface area contributed by atoms with Crippen LogP contribution in [-0.2, 0) is 11.3 Å².